The molecule has 2 saturated heterocycles. The van der Waals surface area contributed by atoms with E-state index in [0.717, 1.165) is 44.0 Å². The highest BCUT2D eigenvalue weighted by molar-refractivity contribution is 6.05. The van der Waals surface area contributed by atoms with Crippen molar-refractivity contribution in [2.24, 2.45) is 0 Å². The lowest BCUT2D eigenvalue weighted by Gasteiger charge is -2.41. The zero-order valence-electron chi connectivity index (χ0n) is 33.5. The molecule has 16 heteroatoms. The van der Waals surface area contributed by atoms with E-state index >= 15 is 4.39 Å². The summed E-state index contributed by atoms with van der Waals surface area (Å²) >= 11 is 0. The Balaban J connectivity index is 0.917. The van der Waals surface area contributed by atoms with Crippen LogP contribution in [-0.2, 0) is 16.6 Å². The van der Waals surface area contributed by atoms with Gasteiger partial charge in [-0.15, -0.1) is 0 Å². The number of nitrogens with one attached hydrogen (secondary N) is 3. The molecule has 4 amide bonds. The Labute approximate surface area is 336 Å². The maximum Gasteiger partial charge on any atom is 0.328 e. The number of hydrogen-bond donors (Lipinski definition) is 3. The van der Waals surface area contributed by atoms with Crippen molar-refractivity contribution in [3.63, 3.8) is 0 Å². The van der Waals surface area contributed by atoms with Crippen molar-refractivity contribution in [1.29, 1.82) is 0 Å². The summed E-state index contributed by atoms with van der Waals surface area (Å²) in [6, 6.07) is 16.4. The quantitative estimate of drug-likeness (QED) is 0.141. The lowest BCUT2D eigenvalue weighted by molar-refractivity contribution is -0.120. The Bertz CT molecular complexity index is 2290. The summed E-state index contributed by atoms with van der Waals surface area (Å²) in [5.41, 5.74) is 4.30. The summed E-state index contributed by atoms with van der Waals surface area (Å²) in [5, 5.41) is 12.3. The molecule has 15 nitrogen and oxygen atoms in total. The smallest absolute Gasteiger partial charge is 0.328 e. The van der Waals surface area contributed by atoms with Gasteiger partial charge in [0.05, 0.1) is 23.6 Å². The fourth-order valence-electron chi connectivity index (χ4n) is 7.22. The standard InChI is InChI=1S/C42H48FN11O4/c1-25-23-52(17-15-28-7-9-29(10-8-28)54-18-16-36(55)49-41(54)57)19-20-53(25)30-11-14-34(44-22-30)48-35-21-33(45-24-46-35)32-13-12-31(26(2)37(32)43)27(3)47-38(56)39-50-40(51-58-39)42(4,5)6/h7-14,21-22,24-25,27H,15-20,23H2,1-6H3,(H,47,56)(H,49,55,57)(H,44,45,46,48)/t25-,27+/m0/s1. The van der Waals surface area contributed by atoms with Crippen LogP contribution in [0.4, 0.5) is 32.2 Å². The molecular formula is C42H48FN11O4. The third-order valence-corrected chi connectivity index (χ3v) is 10.5. The monoisotopic (exact) mass is 789 g/mol. The number of imide groups is 1. The van der Waals surface area contributed by atoms with Gasteiger partial charge < -0.3 is 20.1 Å². The molecule has 0 spiro atoms. The van der Waals surface area contributed by atoms with Gasteiger partial charge in [0.2, 0.25) is 5.91 Å². The van der Waals surface area contributed by atoms with Crippen LogP contribution in [0.3, 0.4) is 0 Å². The van der Waals surface area contributed by atoms with Crippen molar-refractivity contribution in [3.8, 4) is 11.3 Å². The first kappa shape index (κ1) is 39.9. The van der Waals surface area contributed by atoms with Gasteiger partial charge in [0, 0.05) is 67.9 Å². The molecule has 2 fully saturated rings. The maximum absolute atomic E-state index is 15.9. The molecule has 0 bridgehead atoms. The van der Waals surface area contributed by atoms with Crippen LogP contribution in [0.15, 0.2) is 71.6 Å². The van der Waals surface area contributed by atoms with E-state index in [9.17, 15) is 14.4 Å². The minimum absolute atomic E-state index is 0.147. The molecular weight excluding hydrogens is 742 g/mol. The van der Waals surface area contributed by atoms with Crippen LogP contribution in [0.25, 0.3) is 11.3 Å². The Morgan fingerprint density at radius 2 is 1.78 bits per heavy atom. The van der Waals surface area contributed by atoms with Gasteiger partial charge in [-0.3, -0.25) is 24.7 Å². The molecule has 0 aliphatic carbocycles. The summed E-state index contributed by atoms with van der Waals surface area (Å²) < 4.78 is 21.0. The van der Waals surface area contributed by atoms with E-state index in [1.165, 1.54) is 11.9 Å². The Morgan fingerprint density at radius 1 is 1.00 bits per heavy atom. The number of hydrogen-bond acceptors (Lipinski definition) is 12. The highest BCUT2D eigenvalue weighted by Crippen LogP contribution is 2.30. The zero-order chi connectivity index (χ0) is 41.1. The van der Waals surface area contributed by atoms with Crippen LogP contribution in [0.2, 0.25) is 0 Å². The van der Waals surface area contributed by atoms with Gasteiger partial charge in [-0.25, -0.2) is 24.1 Å². The number of aromatic nitrogens is 5. The largest absolute Gasteiger partial charge is 0.365 e. The predicted octanol–water partition coefficient (Wildman–Crippen LogP) is 6.10. The highest BCUT2D eigenvalue weighted by Gasteiger charge is 2.27. The van der Waals surface area contributed by atoms with Crippen LogP contribution in [-0.4, -0.2) is 86.6 Å². The zero-order valence-corrected chi connectivity index (χ0v) is 33.5. The van der Waals surface area contributed by atoms with Crippen LogP contribution >= 0.6 is 0 Å². The number of benzene rings is 2. The number of halogens is 1. The number of nitrogens with zero attached hydrogens (tertiary/aromatic N) is 8. The summed E-state index contributed by atoms with van der Waals surface area (Å²) in [6.07, 6.45) is 4.42. The Hall–Kier alpha value is -6.29. The van der Waals surface area contributed by atoms with Crippen molar-refractivity contribution in [3.05, 3.63) is 101 Å². The Kier molecular flexibility index (Phi) is 11.5. The number of rotatable bonds is 11. The summed E-state index contributed by atoms with van der Waals surface area (Å²) in [5.74, 6) is 0.100. The minimum atomic E-state index is -0.537. The Morgan fingerprint density at radius 3 is 2.47 bits per heavy atom. The first-order chi connectivity index (χ1) is 27.7. The molecule has 5 aromatic rings. The van der Waals surface area contributed by atoms with Crippen molar-refractivity contribution < 1.29 is 23.3 Å². The minimum Gasteiger partial charge on any atom is -0.365 e. The molecule has 2 atom stereocenters. The van der Waals surface area contributed by atoms with Crippen LogP contribution < -0.4 is 25.8 Å². The average molecular weight is 790 g/mol. The second kappa shape index (κ2) is 16.7. The second-order valence-corrected chi connectivity index (χ2v) is 15.8. The third kappa shape index (κ3) is 8.96. The summed E-state index contributed by atoms with van der Waals surface area (Å²) in [4.78, 5) is 60.5. The summed E-state index contributed by atoms with van der Waals surface area (Å²) in [6.45, 7) is 15.4. The first-order valence-electron chi connectivity index (χ1n) is 19.4. The lowest BCUT2D eigenvalue weighted by Crippen LogP contribution is -2.52. The molecule has 0 unspecified atom stereocenters. The lowest BCUT2D eigenvalue weighted by atomic mass is 9.96. The molecule has 5 heterocycles. The van der Waals surface area contributed by atoms with E-state index < -0.39 is 17.8 Å². The third-order valence-electron chi connectivity index (χ3n) is 10.5. The van der Waals surface area contributed by atoms with E-state index in [-0.39, 0.29) is 29.3 Å². The number of carbonyl (C=O) groups is 3. The normalized spacial score (nSPS) is 16.9. The van der Waals surface area contributed by atoms with Gasteiger partial charge in [0.1, 0.15) is 23.8 Å². The molecule has 302 valence electrons. The molecule has 0 radical (unpaired) electrons. The van der Waals surface area contributed by atoms with Crippen LogP contribution in [0, 0.1) is 12.7 Å². The maximum atomic E-state index is 15.9. The van der Waals surface area contributed by atoms with E-state index in [1.807, 2.05) is 63.4 Å². The van der Waals surface area contributed by atoms with Crippen molar-refractivity contribution >= 4 is 40.9 Å². The summed E-state index contributed by atoms with van der Waals surface area (Å²) in [7, 11) is 0. The van der Waals surface area contributed by atoms with Gasteiger partial charge in [0.25, 0.3) is 0 Å². The number of carbonyl (C=O) groups excluding carboxylic acids is 3. The second-order valence-electron chi connectivity index (χ2n) is 15.8. The van der Waals surface area contributed by atoms with Gasteiger partial charge in [-0.1, -0.05) is 44.1 Å². The molecule has 2 aliphatic heterocycles. The predicted molar refractivity (Wildman–Crippen MR) is 217 cm³/mol. The van der Waals surface area contributed by atoms with E-state index in [0.29, 0.717) is 52.8 Å². The van der Waals surface area contributed by atoms with Gasteiger partial charge in [-0.05, 0) is 74.2 Å². The van der Waals surface area contributed by atoms with Crippen molar-refractivity contribution in [1.82, 2.24) is 40.6 Å². The van der Waals surface area contributed by atoms with Crippen LogP contribution in [0.5, 0.6) is 0 Å². The van der Waals surface area contributed by atoms with Gasteiger partial charge in [0.15, 0.2) is 5.82 Å². The fraction of sp³-hybridized carbons (Fsp3) is 0.381. The number of amides is 4. The number of anilines is 4. The van der Waals surface area contributed by atoms with E-state index in [4.69, 9.17) is 4.52 Å². The van der Waals surface area contributed by atoms with Crippen molar-refractivity contribution in [2.45, 2.75) is 71.9 Å². The molecule has 7 rings (SSSR count). The highest BCUT2D eigenvalue weighted by atomic mass is 19.1. The van der Waals surface area contributed by atoms with E-state index in [2.05, 4.69) is 57.8 Å². The fourth-order valence-corrected chi connectivity index (χ4v) is 7.22. The molecule has 3 aromatic heterocycles. The molecule has 3 N–H and O–H groups in total. The van der Waals surface area contributed by atoms with Gasteiger partial charge in [-0.2, -0.15) is 4.98 Å². The van der Waals surface area contributed by atoms with E-state index in [1.54, 1.807) is 36.9 Å². The number of piperazine rings is 1. The SMILES string of the molecule is Cc1c([C@@H](C)NC(=O)c2nc(C(C)(C)C)no2)ccc(-c2cc(Nc3ccc(N4CCN(CCc5ccc(N6CCC(=O)NC6=O)cc5)C[C@@H]4C)cn3)ncn2)c1F. The number of pyridine rings is 1. The molecule has 2 aliphatic rings. The molecule has 58 heavy (non-hydrogen) atoms. The van der Waals surface area contributed by atoms with Gasteiger partial charge >= 0.3 is 17.8 Å². The van der Waals surface area contributed by atoms with Crippen LogP contribution in [0.1, 0.15) is 80.3 Å². The van der Waals surface area contributed by atoms with Crippen molar-refractivity contribution in [2.75, 3.05) is 47.8 Å². The average Bonchev–Trinajstić information content (AvgIpc) is 3.71. The first-order valence-corrected chi connectivity index (χ1v) is 19.4. The number of urea groups is 1. The molecule has 0 saturated carbocycles. The topological polar surface area (TPSA) is 175 Å². The molecule has 2 aromatic carbocycles.